The summed E-state index contributed by atoms with van der Waals surface area (Å²) in [5.41, 5.74) is 0.342. The van der Waals surface area contributed by atoms with E-state index in [0.29, 0.717) is 28.5 Å². The van der Waals surface area contributed by atoms with Gasteiger partial charge >= 0.3 is 5.97 Å². The van der Waals surface area contributed by atoms with Crippen LogP contribution < -0.4 is 0 Å². The predicted molar refractivity (Wildman–Crippen MR) is 61.6 cm³/mol. The van der Waals surface area contributed by atoms with Gasteiger partial charge in [-0.3, -0.25) is 0 Å². The molecule has 5 heteroatoms. The summed E-state index contributed by atoms with van der Waals surface area (Å²) >= 11 is 4.82. The minimum Gasteiger partial charge on any atom is -0.478 e. The van der Waals surface area contributed by atoms with Crippen LogP contribution >= 0.6 is 27.7 Å². The first kappa shape index (κ1) is 11.0. The molecule has 2 rings (SSSR count). The average molecular weight is 289 g/mol. The van der Waals surface area contributed by atoms with E-state index in [1.54, 1.807) is 17.8 Å². The Kier molecular flexibility index (Phi) is 3.33. The van der Waals surface area contributed by atoms with Gasteiger partial charge in [0.05, 0.1) is 24.0 Å². The molecule has 0 radical (unpaired) electrons. The Morgan fingerprint density at radius 3 is 2.80 bits per heavy atom. The standard InChI is InChI=1S/C10H9BrO3S/c11-7-2-1-3-8(9(7)10(12)13)15-6-4-14-5-6/h1-3,6H,4-5H2,(H,12,13). The SMILES string of the molecule is O=C(O)c1c(Br)cccc1SC1COC1. The second-order valence-electron chi connectivity index (χ2n) is 3.20. The Labute approximate surface area is 99.9 Å². The fourth-order valence-corrected chi connectivity index (χ4v) is 3.10. The molecule has 0 unspecified atom stereocenters. The van der Waals surface area contributed by atoms with Gasteiger partial charge < -0.3 is 9.84 Å². The normalized spacial score (nSPS) is 16.1. The molecule has 1 aliphatic rings. The molecule has 0 saturated carbocycles. The minimum absolute atomic E-state index is 0.342. The van der Waals surface area contributed by atoms with Crippen LogP contribution in [0, 0.1) is 0 Å². The van der Waals surface area contributed by atoms with Gasteiger partial charge in [0, 0.05) is 9.37 Å². The van der Waals surface area contributed by atoms with Crippen LogP contribution in [0.15, 0.2) is 27.6 Å². The first-order valence-electron chi connectivity index (χ1n) is 4.44. The summed E-state index contributed by atoms with van der Waals surface area (Å²) in [6.45, 7) is 1.41. The summed E-state index contributed by atoms with van der Waals surface area (Å²) in [5, 5.41) is 9.46. The number of carbonyl (C=O) groups is 1. The monoisotopic (exact) mass is 288 g/mol. The maximum atomic E-state index is 11.1. The van der Waals surface area contributed by atoms with Gasteiger partial charge in [0.25, 0.3) is 0 Å². The van der Waals surface area contributed by atoms with Crippen molar-refractivity contribution in [1.29, 1.82) is 0 Å². The van der Waals surface area contributed by atoms with Crippen molar-refractivity contribution in [2.45, 2.75) is 10.1 Å². The van der Waals surface area contributed by atoms with Crippen LogP contribution in [-0.4, -0.2) is 29.5 Å². The van der Waals surface area contributed by atoms with Gasteiger partial charge in [-0.15, -0.1) is 11.8 Å². The highest BCUT2D eigenvalue weighted by atomic mass is 79.9. The number of hydrogen-bond acceptors (Lipinski definition) is 3. The van der Waals surface area contributed by atoms with Gasteiger partial charge in [0.1, 0.15) is 0 Å². The Balaban J connectivity index is 2.27. The van der Waals surface area contributed by atoms with Crippen LogP contribution in [0.5, 0.6) is 0 Å². The molecule has 3 nitrogen and oxygen atoms in total. The first-order valence-corrected chi connectivity index (χ1v) is 6.12. The average Bonchev–Trinajstić information content (AvgIpc) is 2.10. The van der Waals surface area contributed by atoms with Crippen molar-refractivity contribution >= 4 is 33.7 Å². The molecule has 1 aromatic carbocycles. The molecule has 1 saturated heterocycles. The summed E-state index contributed by atoms with van der Waals surface area (Å²) in [6.07, 6.45) is 0. The molecule has 0 aliphatic carbocycles. The van der Waals surface area contributed by atoms with Crippen LogP contribution in [0.1, 0.15) is 10.4 Å². The van der Waals surface area contributed by atoms with Crippen LogP contribution in [0.2, 0.25) is 0 Å². The summed E-state index contributed by atoms with van der Waals surface area (Å²) in [5.74, 6) is -0.898. The number of hydrogen-bond donors (Lipinski definition) is 1. The maximum Gasteiger partial charge on any atom is 0.337 e. The Morgan fingerprint density at radius 2 is 2.27 bits per heavy atom. The lowest BCUT2D eigenvalue weighted by Crippen LogP contribution is -2.30. The maximum absolute atomic E-state index is 11.1. The molecule has 0 aromatic heterocycles. The topological polar surface area (TPSA) is 46.5 Å². The first-order chi connectivity index (χ1) is 7.18. The molecule has 80 valence electrons. The van der Waals surface area contributed by atoms with Gasteiger partial charge in [-0.2, -0.15) is 0 Å². The summed E-state index contributed by atoms with van der Waals surface area (Å²) in [4.78, 5) is 11.9. The van der Waals surface area contributed by atoms with Gasteiger partial charge in [0.15, 0.2) is 0 Å². The molecule has 1 fully saturated rings. The molecule has 0 atom stereocenters. The van der Waals surface area contributed by atoms with Crippen molar-refractivity contribution in [2.24, 2.45) is 0 Å². The Bertz CT molecular complexity index is 390. The van der Waals surface area contributed by atoms with E-state index in [4.69, 9.17) is 9.84 Å². The van der Waals surface area contributed by atoms with E-state index in [0.717, 1.165) is 4.90 Å². The third kappa shape index (κ3) is 2.35. The number of carboxylic acids is 1. The zero-order valence-corrected chi connectivity index (χ0v) is 10.2. The molecule has 1 aliphatic heterocycles. The fourth-order valence-electron chi connectivity index (χ4n) is 1.27. The number of ether oxygens (including phenoxy) is 1. The zero-order valence-electron chi connectivity index (χ0n) is 7.77. The van der Waals surface area contributed by atoms with Crippen molar-refractivity contribution < 1.29 is 14.6 Å². The van der Waals surface area contributed by atoms with Crippen molar-refractivity contribution in [3.63, 3.8) is 0 Å². The van der Waals surface area contributed by atoms with Crippen molar-refractivity contribution in [3.05, 3.63) is 28.2 Å². The van der Waals surface area contributed by atoms with Gasteiger partial charge in [-0.25, -0.2) is 4.79 Å². The lowest BCUT2D eigenvalue weighted by Gasteiger charge is -2.25. The Morgan fingerprint density at radius 1 is 1.53 bits per heavy atom. The number of carboxylic acid groups (broad SMARTS) is 1. The largest absolute Gasteiger partial charge is 0.478 e. The molecule has 0 bridgehead atoms. The number of aromatic carboxylic acids is 1. The molecule has 1 N–H and O–H groups in total. The van der Waals surface area contributed by atoms with E-state index in [1.165, 1.54) is 0 Å². The van der Waals surface area contributed by atoms with E-state index >= 15 is 0 Å². The van der Waals surface area contributed by atoms with Crippen LogP contribution in [0.4, 0.5) is 0 Å². The van der Waals surface area contributed by atoms with Gasteiger partial charge in [0.2, 0.25) is 0 Å². The summed E-state index contributed by atoms with van der Waals surface area (Å²) < 4.78 is 5.68. The highest BCUT2D eigenvalue weighted by Gasteiger charge is 2.23. The third-order valence-corrected chi connectivity index (χ3v) is 3.95. The van der Waals surface area contributed by atoms with E-state index < -0.39 is 5.97 Å². The Hall–Kier alpha value is -0.520. The highest BCUT2D eigenvalue weighted by Crippen LogP contribution is 2.33. The van der Waals surface area contributed by atoms with E-state index in [9.17, 15) is 4.79 Å². The van der Waals surface area contributed by atoms with Gasteiger partial charge in [-0.05, 0) is 28.1 Å². The second-order valence-corrected chi connectivity index (χ2v) is 5.39. The van der Waals surface area contributed by atoms with Crippen molar-refractivity contribution in [2.75, 3.05) is 13.2 Å². The fraction of sp³-hybridized carbons (Fsp3) is 0.300. The van der Waals surface area contributed by atoms with E-state index in [2.05, 4.69) is 15.9 Å². The predicted octanol–water partition coefficient (Wildman–Crippen LogP) is 2.64. The van der Waals surface area contributed by atoms with E-state index in [-0.39, 0.29) is 0 Å². The molecule has 0 amide bonds. The smallest absolute Gasteiger partial charge is 0.337 e. The third-order valence-electron chi connectivity index (χ3n) is 2.09. The minimum atomic E-state index is -0.898. The molecular weight excluding hydrogens is 280 g/mol. The molecule has 0 spiro atoms. The second kappa shape index (κ2) is 4.55. The highest BCUT2D eigenvalue weighted by molar-refractivity contribution is 9.10. The lowest BCUT2D eigenvalue weighted by atomic mass is 10.2. The van der Waals surface area contributed by atoms with Crippen molar-refractivity contribution in [3.8, 4) is 0 Å². The van der Waals surface area contributed by atoms with Crippen LogP contribution in [0.25, 0.3) is 0 Å². The molecule has 1 heterocycles. The quantitative estimate of drug-likeness (QED) is 0.929. The van der Waals surface area contributed by atoms with Gasteiger partial charge in [-0.1, -0.05) is 6.07 Å². The molecular formula is C10H9BrO3S. The van der Waals surface area contributed by atoms with Crippen LogP contribution in [0.3, 0.4) is 0 Å². The lowest BCUT2D eigenvalue weighted by molar-refractivity contribution is 0.0454. The van der Waals surface area contributed by atoms with Crippen molar-refractivity contribution in [1.82, 2.24) is 0 Å². The summed E-state index contributed by atoms with van der Waals surface area (Å²) in [7, 11) is 0. The number of thioether (sulfide) groups is 1. The zero-order chi connectivity index (χ0) is 10.8. The van der Waals surface area contributed by atoms with E-state index in [1.807, 2.05) is 12.1 Å². The summed E-state index contributed by atoms with van der Waals surface area (Å²) in [6, 6.07) is 5.42. The molecule has 1 aromatic rings. The number of benzene rings is 1. The number of halogens is 1. The number of rotatable bonds is 3. The molecule has 15 heavy (non-hydrogen) atoms. The van der Waals surface area contributed by atoms with Crippen LogP contribution in [-0.2, 0) is 4.74 Å².